The van der Waals surface area contributed by atoms with Crippen LogP contribution in [0.3, 0.4) is 0 Å². The summed E-state index contributed by atoms with van der Waals surface area (Å²) < 4.78 is 27.3. The summed E-state index contributed by atoms with van der Waals surface area (Å²) in [4.78, 5) is -0.161. The van der Waals surface area contributed by atoms with Crippen molar-refractivity contribution < 1.29 is 8.42 Å². The van der Waals surface area contributed by atoms with Crippen molar-refractivity contribution in [1.82, 2.24) is 0 Å². The quantitative estimate of drug-likeness (QED) is 0.849. The van der Waals surface area contributed by atoms with E-state index in [0.717, 1.165) is 0 Å². The van der Waals surface area contributed by atoms with E-state index in [2.05, 4.69) is 4.72 Å². The molecule has 0 saturated heterocycles. The molecule has 2 rings (SSSR count). The van der Waals surface area contributed by atoms with Gasteiger partial charge in [0.1, 0.15) is 4.90 Å². The largest absolute Gasteiger partial charge is 0.397 e. The molecule has 7 heteroatoms. The number of nitriles is 1. The lowest BCUT2D eigenvalue weighted by molar-refractivity contribution is 0.601. The van der Waals surface area contributed by atoms with Crippen molar-refractivity contribution in [2.75, 3.05) is 10.5 Å². The molecule has 0 aliphatic rings. The van der Waals surface area contributed by atoms with Crippen LogP contribution in [0.2, 0.25) is 5.02 Å². The van der Waals surface area contributed by atoms with Gasteiger partial charge in [-0.15, -0.1) is 0 Å². The van der Waals surface area contributed by atoms with Gasteiger partial charge >= 0.3 is 0 Å². The van der Waals surface area contributed by atoms with E-state index in [4.69, 9.17) is 22.6 Å². The number of anilines is 2. The van der Waals surface area contributed by atoms with Crippen LogP contribution in [0.15, 0.2) is 41.3 Å². The van der Waals surface area contributed by atoms with Crippen LogP contribution in [0, 0.1) is 18.3 Å². The molecule has 0 fully saturated rings. The monoisotopic (exact) mass is 321 g/mol. The third kappa shape index (κ3) is 3.10. The summed E-state index contributed by atoms with van der Waals surface area (Å²) in [5.74, 6) is 0. The van der Waals surface area contributed by atoms with Gasteiger partial charge in [-0.05, 0) is 36.8 Å². The lowest BCUT2D eigenvalue weighted by atomic mass is 10.2. The molecule has 0 aliphatic carbocycles. The first-order chi connectivity index (χ1) is 9.85. The highest BCUT2D eigenvalue weighted by molar-refractivity contribution is 7.92. The SMILES string of the molecule is Cc1cccc(N)c1NS(=O)(=O)c1cc(C#N)ccc1Cl. The fourth-order valence-corrected chi connectivity index (χ4v) is 3.48. The molecule has 21 heavy (non-hydrogen) atoms. The maximum atomic E-state index is 12.4. The smallest absolute Gasteiger partial charge is 0.263 e. The van der Waals surface area contributed by atoms with Gasteiger partial charge in [0, 0.05) is 0 Å². The average Bonchev–Trinajstić information content (AvgIpc) is 2.43. The maximum absolute atomic E-state index is 12.4. The van der Waals surface area contributed by atoms with Gasteiger partial charge in [0.05, 0.1) is 28.0 Å². The number of nitrogens with zero attached hydrogens (tertiary/aromatic N) is 1. The van der Waals surface area contributed by atoms with Gasteiger partial charge in [0.25, 0.3) is 10.0 Å². The van der Waals surface area contributed by atoms with Gasteiger partial charge in [-0.3, -0.25) is 4.72 Å². The Bertz CT molecular complexity index is 822. The van der Waals surface area contributed by atoms with Gasteiger partial charge in [-0.1, -0.05) is 23.7 Å². The molecule has 5 nitrogen and oxygen atoms in total. The van der Waals surface area contributed by atoms with Crippen molar-refractivity contribution in [2.45, 2.75) is 11.8 Å². The van der Waals surface area contributed by atoms with Gasteiger partial charge in [-0.2, -0.15) is 5.26 Å². The number of nitrogens with one attached hydrogen (secondary N) is 1. The van der Waals surface area contributed by atoms with Gasteiger partial charge in [0.15, 0.2) is 0 Å². The molecule has 3 N–H and O–H groups in total. The highest BCUT2D eigenvalue weighted by Gasteiger charge is 2.20. The van der Waals surface area contributed by atoms with Crippen LogP contribution in [-0.4, -0.2) is 8.42 Å². The Morgan fingerprint density at radius 3 is 2.62 bits per heavy atom. The van der Waals surface area contributed by atoms with E-state index in [1.165, 1.54) is 18.2 Å². The van der Waals surface area contributed by atoms with Crippen molar-refractivity contribution in [2.24, 2.45) is 0 Å². The van der Waals surface area contributed by atoms with Gasteiger partial charge < -0.3 is 5.73 Å². The lowest BCUT2D eigenvalue weighted by Gasteiger charge is -2.13. The summed E-state index contributed by atoms with van der Waals surface area (Å²) in [6, 6.07) is 11.0. The second-order valence-electron chi connectivity index (χ2n) is 4.40. The molecule has 0 atom stereocenters. The Kier molecular flexibility index (Phi) is 4.07. The molecule has 0 unspecified atom stereocenters. The summed E-state index contributed by atoms with van der Waals surface area (Å²) in [5, 5.41) is 8.90. The first kappa shape index (κ1) is 15.2. The van der Waals surface area contributed by atoms with Crippen molar-refractivity contribution >= 4 is 33.0 Å². The minimum atomic E-state index is -3.93. The zero-order valence-electron chi connectivity index (χ0n) is 11.1. The summed E-state index contributed by atoms with van der Waals surface area (Å²) in [5.41, 5.74) is 7.29. The van der Waals surface area contributed by atoms with Crippen LogP contribution < -0.4 is 10.5 Å². The predicted octanol–water partition coefficient (Wildman–Crippen LogP) is 2.90. The van der Waals surface area contributed by atoms with E-state index in [1.54, 1.807) is 25.1 Å². The fraction of sp³-hybridized carbons (Fsp3) is 0.0714. The minimum absolute atomic E-state index is 0.0358. The lowest BCUT2D eigenvalue weighted by Crippen LogP contribution is -2.15. The van der Waals surface area contributed by atoms with Gasteiger partial charge in [-0.25, -0.2) is 8.42 Å². The molecule has 0 amide bonds. The Labute approximate surface area is 128 Å². The van der Waals surface area contributed by atoms with E-state index in [1.807, 2.05) is 6.07 Å². The number of rotatable bonds is 3. The number of sulfonamides is 1. The first-order valence-electron chi connectivity index (χ1n) is 5.92. The molecule has 2 aromatic carbocycles. The molecule has 0 aromatic heterocycles. The topological polar surface area (TPSA) is 96.0 Å². The molecule has 108 valence electrons. The standard InChI is InChI=1S/C14H12ClN3O2S/c1-9-3-2-4-12(17)14(9)18-21(19,20)13-7-10(8-16)5-6-11(13)15/h2-7,18H,17H2,1H3. The Morgan fingerprint density at radius 2 is 2.00 bits per heavy atom. The highest BCUT2D eigenvalue weighted by atomic mass is 35.5. The van der Waals surface area contributed by atoms with Crippen molar-refractivity contribution in [1.29, 1.82) is 5.26 Å². The second kappa shape index (κ2) is 5.64. The van der Waals surface area contributed by atoms with Crippen molar-refractivity contribution in [3.63, 3.8) is 0 Å². The first-order valence-corrected chi connectivity index (χ1v) is 7.79. The molecule has 2 aromatic rings. The van der Waals surface area contributed by atoms with Crippen LogP contribution in [0.1, 0.15) is 11.1 Å². The number of hydrogen-bond donors (Lipinski definition) is 2. The summed E-state index contributed by atoms with van der Waals surface area (Å²) in [6.07, 6.45) is 0. The molecule has 0 bridgehead atoms. The number of hydrogen-bond acceptors (Lipinski definition) is 4. The van der Waals surface area contributed by atoms with E-state index in [9.17, 15) is 8.42 Å². The summed E-state index contributed by atoms with van der Waals surface area (Å²) in [6.45, 7) is 1.74. The summed E-state index contributed by atoms with van der Waals surface area (Å²) in [7, 11) is -3.93. The number of nitrogen functional groups attached to an aromatic ring is 1. The molecule has 0 aliphatic heterocycles. The highest BCUT2D eigenvalue weighted by Crippen LogP contribution is 2.29. The van der Waals surface area contributed by atoms with Crippen LogP contribution in [-0.2, 0) is 10.0 Å². The molecule has 0 spiro atoms. The van der Waals surface area contributed by atoms with E-state index in [-0.39, 0.29) is 15.5 Å². The predicted molar refractivity (Wildman–Crippen MR) is 82.6 cm³/mol. The number of nitrogens with two attached hydrogens (primary N) is 1. The van der Waals surface area contributed by atoms with Crippen LogP contribution in [0.4, 0.5) is 11.4 Å². The normalized spacial score (nSPS) is 10.9. The Hall–Kier alpha value is -2.23. The molecular weight excluding hydrogens is 310 g/mol. The Balaban J connectivity index is 2.51. The second-order valence-corrected chi connectivity index (χ2v) is 6.46. The molecule has 0 saturated carbocycles. The minimum Gasteiger partial charge on any atom is -0.397 e. The molecule has 0 radical (unpaired) electrons. The zero-order chi connectivity index (χ0) is 15.6. The van der Waals surface area contributed by atoms with Crippen LogP contribution in [0.25, 0.3) is 0 Å². The van der Waals surface area contributed by atoms with Crippen LogP contribution in [0.5, 0.6) is 0 Å². The van der Waals surface area contributed by atoms with Crippen LogP contribution >= 0.6 is 11.6 Å². The number of aryl methyl sites for hydroxylation is 1. The number of halogens is 1. The van der Waals surface area contributed by atoms with Gasteiger partial charge in [0.2, 0.25) is 0 Å². The van der Waals surface area contributed by atoms with E-state index < -0.39 is 10.0 Å². The summed E-state index contributed by atoms with van der Waals surface area (Å²) >= 11 is 5.92. The number of benzene rings is 2. The zero-order valence-corrected chi connectivity index (χ0v) is 12.7. The molecular formula is C14H12ClN3O2S. The van der Waals surface area contributed by atoms with Crippen molar-refractivity contribution in [3.05, 3.63) is 52.5 Å². The van der Waals surface area contributed by atoms with E-state index >= 15 is 0 Å². The number of para-hydroxylation sites is 1. The average molecular weight is 322 g/mol. The third-order valence-electron chi connectivity index (χ3n) is 2.89. The third-order valence-corrected chi connectivity index (χ3v) is 4.72. The Morgan fingerprint density at radius 1 is 1.29 bits per heavy atom. The fourth-order valence-electron chi connectivity index (χ4n) is 1.80. The molecule has 0 heterocycles. The van der Waals surface area contributed by atoms with E-state index in [0.29, 0.717) is 16.9 Å². The van der Waals surface area contributed by atoms with Crippen molar-refractivity contribution in [3.8, 4) is 6.07 Å². The maximum Gasteiger partial charge on any atom is 0.263 e.